The zero-order valence-electron chi connectivity index (χ0n) is 9.60. The number of aliphatic carboxylic acids is 1. The van der Waals surface area contributed by atoms with Gasteiger partial charge in [-0.25, -0.2) is 0 Å². The molecule has 0 atom stereocenters. The van der Waals surface area contributed by atoms with Crippen molar-refractivity contribution in [3.05, 3.63) is 60.7 Å². The Balaban J connectivity index is 0.00000162. The van der Waals surface area contributed by atoms with Gasteiger partial charge in [0, 0.05) is 16.5 Å². The van der Waals surface area contributed by atoms with Gasteiger partial charge in [0.2, 0.25) is 0 Å². The van der Waals surface area contributed by atoms with Gasteiger partial charge in [-0.3, -0.25) is 4.79 Å². The second-order valence-electron chi connectivity index (χ2n) is 3.65. The second-order valence-corrected chi connectivity index (χ2v) is 5.86. The Hall–Kier alpha value is -1.17. The fraction of sp³-hybridized carbons (Fsp3) is 0.0714. The van der Waals surface area contributed by atoms with Crippen LogP contribution in [0.25, 0.3) is 0 Å². The van der Waals surface area contributed by atoms with Crippen LogP contribution < -0.4 is 10.6 Å². The zero-order chi connectivity index (χ0) is 12.1. The van der Waals surface area contributed by atoms with Crippen LogP contribution in [0.3, 0.4) is 0 Å². The maximum absolute atomic E-state index is 11.0. The molecule has 0 saturated carbocycles. The zero-order valence-corrected chi connectivity index (χ0v) is 11.5. The molecule has 96 valence electrons. The van der Waals surface area contributed by atoms with E-state index in [0.717, 1.165) is 10.6 Å². The molecule has 18 heavy (non-hydrogen) atoms. The van der Waals surface area contributed by atoms with Crippen molar-refractivity contribution in [2.75, 3.05) is 6.16 Å². The van der Waals surface area contributed by atoms with E-state index in [-0.39, 0.29) is 22.7 Å². The van der Waals surface area contributed by atoms with Crippen LogP contribution >= 0.6 is 7.92 Å². The van der Waals surface area contributed by atoms with Gasteiger partial charge in [0.25, 0.3) is 0 Å². The van der Waals surface area contributed by atoms with Crippen LogP contribution in [0.5, 0.6) is 0 Å². The molecule has 0 unspecified atom stereocenters. The molecule has 0 aliphatic heterocycles. The SMILES string of the molecule is O=C(O)CP(c1ccccc1)c1ccccc1.[Ni]. The summed E-state index contributed by atoms with van der Waals surface area (Å²) < 4.78 is 0. The first-order valence-electron chi connectivity index (χ1n) is 5.37. The van der Waals surface area contributed by atoms with Gasteiger partial charge in [-0.1, -0.05) is 60.7 Å². The summed E-state index contributed by atoms with van der Waals surface area (Å²) >= 11 is 0. The molecule has 0 fully saturated rings. The Kier molecular flexibility index (Phi) is 6.05. The average Bonchev–Trinajstić information content (AvgIpc) is 2.38. The van der Waals surface area contributed by atoms with E-state index < -0.39 is 13.9 Å². The van der Waals surface area contributed by atoms with E-state index in [1.807, 2.05) is 60.7 Å². The molecule has 2 aromatic rings. The number of hydrogen-bond acceptors (Lipinski definition) is 1. The molecule has 2 aromatic carbocycles. The second kappa shape index (κ2) is 7.31. The maximum Gasteiger partial charge on any atom is 0.308 e. The Bertz CT molecular complexity index is 448. The summed E-state index contributed by atoms with van der Waals surface area (Å²) in [6.07, 6.45) is 0.184. The molecule has 1 N–H and O–H groups in total. The Morgan fingerprint density at radius 1 is 0.889 bits per heavy atom. The maximum atomic E-state index is 11.0. The summed E-state index contributed by atoms with van der Waals surface area (Å²) in [5.41, 5.74) is 0. The van der Waals surface area contributed by atoms with Crippen molar-refractivity contribution in [3.63, 3.8) is 0 Å². The fourth-order valence-corrected chi connectivity index (χ4v) is 3.68. The summed E-state index contributed by atoms with van der Waals surface area (Å²) in [4.78, 5) is 11.0. The molecule has 0 aromatic heterocycles. The molecule has 0 amide bonds. The molecule has 0 aliphatic carbocycles. The first kappa shape index (κ1) is 14.9. The number of benzene rings is 2. The van der Waals surface area contributed by atoms with Crippen LogP contribution in [0.1, 0.15) is 0 Å². The third kappa shape index (κ3) is 3.94. The van der Waals surface area contributed by atoms with Crippen molar-refractivity contribution in [2.24, 2.45) is 0 Å². The molecular formula is C14H13NiO2P. The van der Waals surface area contributed by atoms with Gasteiger partial charge in [0.1, 0.15) is 0 Å². The smallest absolute Gasteiger partial charge is 0.308 e. The number of carboxylic acids is 1. The van der Waals surface area contributed by atoms with Crippen molar-refractivity contribution in [1.82, 2.24) is 0 Å². The van der Waals surface area contributed by atoms with Crippen molar-refractivity contribution >= 4 is 24.5 Å². The van der Waals surface area contributed by atoms with Gasteiger partial charge < -0.3 is 5.11 Å². The molecule has 4 heteroatoms. The van der Waals surface area contributed by atoms with Crippen molar-refractivity contribution in [3.8, 4) is 0 Å². The predicted molar refractivity (Wildman–Crippen MR) is 71.6 cm³/mol. The van der Waals surface area contributed by atoms with Gasteiger partial charge in [-0.05, 0) is 18.5 Å². The first-order valence-corrected chi connectivity index (χ1v) is 6.89. The fourth-order valence-electron chi connectivity index (χ4n) is 1.68. The van der Waals surface area contributed by atoms with Gasteiger partial charge >= 0.3 is 5.97 Å². The number of hydrogen-bond donors (Lipinski definition) is 1. The van der Waals surface area contributed by atoms with Gasteiger partial charge in [0.15, 0.2) is 0 Å². The third-order valence-corrected chi connectivity index (χ3v) is 4.86. The van der Waals surface area contributed by atoms with E-state index >= 15 is 0 Å². The minimum absolute atomic E-state index is 0. The van der Waals surface area contributed by atoms with E-state index in [1.54, 1.807) is 0 Å². The summed E-state index contributed by atoms with van der Waals surface area (Å²) in [5, 5.41) is 11.2. The molecule has 0 bridgehead atoms. The van der Waals surface area contributed by atoms with E-state index in [2.05, 4.69) is 0 Å². The largest absolute Gasteiger partial charge is 0.481 e. The van der Waals surface area contributed by atoms with Gasteiger partial charge in [0.05, 0.1) is 6.16 Å². The van der Waals surface area contributed by atoms with Crippen LogP contribution in [-0.2, 0) is 21.3 Å². The minimum atomic E-state index is -0.790. The summed E-state index contributed by atoms with van der Waals surface area (Å²) in [6.45, 7) is 0. The third-order valence-electron chi connectivity index (χ3n) is 2.43. The van der Waals surface area contributed by atoms with Crippen LogP contribution in [0.4, 0.5) is 0 Å². The number of carboxylic acid groups (broad SMARTS) is 1. The summed E-state index contributed by atoms with van der Waals surface area (Å²) in [5.74, 6) is -0.746. The number of carbonyl (C=O) groups is 1. The van der Waals surface area contributed by atoms with Crippen LogP contribution in [-0.4, -0.2) is 17.2 Å². The molecular weight excluding hydrogens is 290 g/mol. The summed E-state index contributed by atoms with van der Waals surface area (Å²) in [7, 11) is -0.790. The van der Waals surface area contributed by atoms with Crippen molar-refractivity contribution in [1.29, 1.82) is 0 Å². The number of rotatable bonds is 4. The van der Waals surface area contributed by atoms with E-state index in [4.69, 9.17) is 5.11 Å². The summed E-state index contributed by atoms with van der Waals surface area (Å²) in [6, 6.07) is 19.7. The Morgan fingerprint density at radius 2 is 1.28 bits per heavy atom. The van der Waals surface area contributed by atoms with E-state index in [9.17, 15) is 4.79 Å². The van der Waals surface area contributed by atoms with Gasteiger partial charge in [-0.2, -0.15) is 0 Å². The molecule has 0 heterocycles. The predicted octanol–water partition coefficient (Wildman–Crippen LogP) is 2.20. The van der Waals surface area contributed by atoms with Crippen LogP contribution in [0.15, 0.2) is 60.7 Å². The Morgan fingerprint density at radius 3 is 1.61 bits per heavy atom. The van der Waals surface area contributed by atoms with Gasteiger partial charge in [-0.15, -0.1) is 0 Å². The molecule has 0 spiro atoms. The van der Waals surface area contributed by atoms with Crippen LogP contribution in [0.2, 0.25) is 0 Å². The first-order chi connectivity index (χ1) is 8.27. The monoisotopic (exact) mass is 302 g/mol. The topological polar surface area (TPSA) is 37.3 Å². The minimum Gasteiger partial charge on any atom is -0.481 e. The standard InChI is InChI=1S/C14H13O2P.Ni/c15-14(16)11-17(12-7-3-1-4-8-12)13-9-5-2-6-10-13;/h1-10H,11H2,(H,15,16);. The quantitative estimate of drug-likeness (QED) is 0.694. The molecule has 0 aliphatic rings. The average molecular weight is 303 g/mol. The molecule has 2 nitrogen and oxygen atoms in total. The molecule has 0 radical (unpaired) electrons. The molecule has 2 rings (SSSR count). The van der Waals surface area contributed by atoms with E-state index in [1.165, 1.54) is 0 Å². The molecule has 0 saturated heterocycles. The Labute approximate surface area is 118 Å². The van der Waals surface area contributed by atoms with E-state index in [0.29, 0.717) is 0 Å². The van der Waals surface area contributed by atoms with Crippen LogP contribution in [0, 0.1) is 0 Å². The van der Waals surface area contributed by atoms with Crippen molar-refractivity contribution < 1.29 is 26.4 Å². The normalized spacial score (nSPS) is 9.83. The van der Waals surface area contributed by atoms with Crippen molar-refractivity contribution in [2.45, 2.75) is 0 Å².